The van der Waals surface area contributed by atoms with Gasteiger partial charge in [0, 0.05) is 18.0 Å². The van der Waals surface area contributed by atoms with Crippen LogP contribution in [0.3, 0.4) is 0 Å². The van der Waals surface area contributed by atoms with Crippen LogP contribution in [0.4, 0.5) is 0 Å². The zero-order valence-corrected chi connectivity index (χ0v) is 16.4. The van der Waals surface area contributed by atoms with Gasteiger partial charge in [-0.3, -0.25) is 0 Å². The molecule has 132 valence electrons. The number of ether oxygens (including phenoxy) is 2. The largest absolute Gasteiger partial charge is 0.483 e. The van der Waals surface area contributed by atoms with Gasteiger partial charge in [-0.2, -0.15) is 0 Å². The Hall–Kier alpha value is -1.95. The van der Waals surface area contributed by atoms with E-state index in [4.69, 9.17) is 19.5 Å². The van der Waals surface area contributed by atoms with Crippen molar-refractivity contribution in [3.05, 3.63) is 40.6 Å². The quantitative estimate of drug-likeness (QED) is 0.726. The Morgan fingerprint density at radius 2 is 1.72 bits per heavy atom. The summed E-state index contributed by atoms with van der Waals surface area (Å²) in [7, 11) is 3.30. The maximum absolute atomic E-state index is 5.54. The van der Waals surface area contributed by atoms with Crippen molar-refractivity contribution in [1.82, 2.24) is 4.98 Å². The maximum Gasteiger partial charge on any atom is 0.209 e. The van der Waals surface area contributed by atoms with E-state index in [1.165, 1.54) is 0 Å². The second-order valence-electron chi connectivity index (χ2n) is 6.37. The number of hydrogen-bond donors (Lipinski definition) is 0. The van der Waals surface area contributed by atoms with Crippen LogP contribution in [-0.4, -0.2) is 43.1 Å². The molecule has 0 N–H and O–H groups in total. The van der Waals surface area contributed by atoms with Crippen molar-refractivity contribution in [3.8, 4) is 0 Å². The second-order valence-corrected chi connectivity index (χ2v) is 7.12. The first-order valence-electron chi connectivity index (χ1n) is 8.30. The predicted molar refractivity (Wildman–Crippen MR) is 104 cm³/mol. The molecule has 1 aliphatic heterocycles. The summed E-state index contributed by atoms with van der Waals surface area (Å²) in [6.45, 7) is 4.20. The number of nitrogens with zero attached hydrogens (tertiary/aromatic N) is 3. The first-order chi connectivity index (χ1) is 12.0. The van der Waals surface area contributed by atoms with Crippen LogP contribution >= 0.6 is 15.9 Å². The molecule has 0 amide bonds. The molecule has 0 unspecified atom stereocenters. The van der Waals surface area contributed by atoms with Crippen LogP contribution in [-0.2, 0) is 15.9 Å². The fraction of sp³-hybridized carbons (Fsp3) is 0.421. The van der Waals surface area contributed by atoms with E-state index in [2.05, 4.69) is 46.9 Å². The standard InChI is InChI=1S/C19H22BrN3O2/c1-11(2)16-19(25-4)22-15(18(23-16)24-3)9-12-10-21-17(20)14-8-6-5-7-13(12)14/h5-8,10-11,15-16H,9H2,1-4H3/t15-,16+/m0/s1. The van der Waals surface area contributed by atoms with Gasteiger partial charge in [-0.25, -0.2) is 15.0 Å². The highest BCUT2D eigenvalue weighted by molar-refractivity contribution is 9.10. The molecule has 1 aliphatic rings. The van der Waals surface area contributed by atoms with E-state index >= 15 is 0 Å². The molecule has 6 heteroatoms. The summed E-state index contributed by atoms with van der Waals surface area (Å²) in [6.07, 6.45) is 2.54. The van der Waals surface area contributed by atoms with Crippen molar-refractivity contribution >= 4 is 38.5 Å². The molecule has 1 aromatic heterocycles. The summed E-state index contributed by atoms with van der Waals surface area (Å²) in [5, 5.41) is 2.24. The number of benzene rings is 1. The Morgan fingerprint density at radius 1 is 1.04 bits per heavy atom. The lowest BCUT2D eigenvalue weighted by molar-refractivity contribution is 0.333. The predicted octanol–water partition coefficient (Wildman–Crippen LogP) is 4.04. The van der Waals surface area contributed by atoms with Gasteiger partial charge in [0.15, 0.2) is 0 Å². The molecule has 0 fully saturated rings. The van der Waals surface area contributed by atoms with Crippen LogP contribution in [0.15, 0.2) is 45.1 Å². The Morgan fingerprint density at radius 3 is 2.36 bits per heavy atom. The van der Waals surface area contributed by atoms with Crippen LogP contribution in [0, 0.1) is 5.92 Å². The van der Waals surface area contributed by atoms with Crippen LogP contribution in [0.2, 0.25) is 0 Å². The molecular formula is C19H22BrN3O2. The van der Waals surface area contributed by atoms with E-state index < -0.39 is 0 Å². The van der Waals surface area contributed by atoms with Crippen LogP contribution in [0.5, 0.6) is 0 Å². The molecule has 3 rings (SSSR count). The van der Waals surface area contributed by atoms with E-state index in [1.807, 2.05) is 18.3 Å². The molecule has 0 bridgehead atoms. The van der Waals surface area contributed by atoms with Gasteiger partial charge < -0.3 is 9.47 Å². The Kier molecular flexibility index (Phi) is 5.37. The van der Waals surface area contributed by atoms with Gasteiger partial charge in [-0.15, -0.1) is 0 Å². The minimum Gasteiger partial charge on any atom is -0.483 e. The first-order valence-corrected chi connectivity index (χ1v) is 9.10. The fourth-order valence-electron chi connectivity index (χ4n) is 3.08. The van der Waals surface area contributed by atoms with Crippen molar-refractivity contribution in [2.75, 3.05) is 14.2 Å². The normalized spacial score (nSPS) is 20.4. The lowest BCUT2D eigenvalue weighted by atomic mass is 9.98. The van der Waals surface area contributed by atoms with Crippen molar-refractivity contribution in [3.63, 3.8) is 0 Å². The Balaban J connectivity index is 1.98. The summed E-state index contributed by atoms with van der Waals surface area (Å²) in [5.74, 6) is 1.60. The van der Waals surface area contributed by atoms with Gasteiger partial charge in [0.1, 0.15) is 16.7 Å². The average molecular weight is 404 g/mol. The van der Waals surface area contributed by atoms with Gasteiger partial charge in [-0.1, -0.05) is 38.1 Å². The molecule has 5 nitrogen and oxygen atoms in total. The third-order valence-corrected chi connectivity index (χ3v) is 5.01. The number of hydrogen-bond acceptors (Lipinski definition) is 5. The van der Waals surface area contributed by atoms with Crippen molar-refractivity contribution in [1.29, 1.82) is 0 Å². The molecule has 0 aliphatic carbocycles. The van der Waals surface area contributed by atoms with Crippen LogP contribution < -0.4 is 0 Å². The highest BCUT2D eigenvalue weighted by Crippen LogP contribution is 2.27. The van der Waals surface area contributed by atoms with Gasteiger partial charge in [0.2, 0.25) is 11.8 Å². The van der Waals surface area contributed by atoms with Crippen LogP contribution in [0.1, 0.15) is 19.4 Å². The Bertz CT molecular complexity index is 833. The monoisotopic (exact) mass is 403 g/mol. The first kappa shape index (κ1) is 17.9. The van der Waals surface area contributed by atoms with Gasteiger partial charge in [0.25, 0.3) is 0 Å². The number of aliphatic imine (C=N–C) groups is 2. The summed E-state index contributed by atoms with van der Waals surface area (Å²) >= 11 is 3.52. The molecule has 0 saturated carbocycles. The summed E-state index contributed by atoms with van der Waals surface area (Å²) in [6, 6.07) is 7.89. The molecule has 2 heterocycles. The smallest absolute Gasteiger partial charge is 0.209 e. The molecule has 25 heavy (non-hydrogen) atoms. The van der Waals surface area contributed by atoms with Gasteiger partial charge in [0.05, 0.1) is 14.2 Å². The van der Waals surface area contributed by atoms with Crippen molar-refractivity contribution in [2.24, 2.45) is 15.9 Å². The van der Waals surface area contributed by atoms with E-state index in [0.717, 1.165) is 20.9 Å². The number of fused-ring (bicyclic) bond motifs is 1. The lowest BCUT2D eigenvalue weighted by Gasteiger charge is -2.27. The highest BCUT2D eigenvalue weighted by Gasteiger charge is 2.31. The molecule has 2 aromatic rings. The van der Waals surface area contributed by atoms with E-state index in [9.17, 15) is 0 Å². The molecule has 0 spiro atoms. The van der Waals surface area contributed by atoms with Crippen molar-refractivity contribution in [2.45, 2.75) is 32.4 Å². The number of aromatic nitrogens is 1. The molecular weight excluding hydrogens is 382 g/mol. The minimum absolute atomic E-state index is 0.101. The van der Waals surface area contributed by atoms with E-state index in [1.54, 1.807) is 14.2 Å². The SMILES string of the molecule is COC1=N[C@H](C(C)C)C(OC)=N[C@H]1Cc1cnc(Br)c2ccccc12. The highest BCUT2D eigenvalue weighted by atomic mass is 79.9. The summed E-state index contributed by atoms with van der Waals surface area (Å²) in [4.78, 5) is 14.0. The van der Waals surface area contributed by atoms with Crippen molar-refractivity contribution < 1.29 is 9.47 Å². The number of halogens is 1. The zero-order valence-electron chi connectivity index (χ0n) is 14.9. The lowest BCUT2D eigenvalue weighted by Crippen LogP contribution is -2.38. The summed E-state index contributed by atoms with van der Waals surface area (Å²) < 4.78 is 11.9. The third kappa shape index (κ3) is 3.54. The molecule has 2 atom stereocenters. The topological polar surface area (TPSA) is 56.1 Å². The number of pyridine rings is 1. The zero-order chi connectivity index (χ0) is 18.0. The minimum atomic E-state index is -0.207. The van der Waals surface area contributed by atoms with E-state index in [-0.39, 0.29) is 12.1 Å². The average Bonchev–Trinajstić information content (AvgIpc) is 2.63. The van der Waals surface area contributed by atoms with E-state index in [0.29, 0.717) is 24.1 Å². The fourth-order valence-corrected chi connectivity index (χ4v) is 3.53. The molecule has 1 aromatic carbocycles. The molecule has 0 radical (unpaired) electrons. The maximum atomic E-state index is 5.54. The third-order valence-electron chi connectivity index (χ3n) is 4.38. The number of methoxy groups -OCH3 is 2. The summed E-state index contributed by atoms with van der Waals surface area (Å²) in [5.41, 5.74) is 1.11. The van der Waals surface area contributed by atoms with Gasteiger partial charge in [-0.05, 0) is 32.8 Å². The second kappa shape index (κ2) is 7.52. The van der Waals surface area contributed by atoms with Crippen LogP contribution in [0.25, 0.3) is 10.8 Å². The molecule has 0 saturated heterocycles. The van der Waals surface area contributed by atoms with Gasteiger partial charge >= 0.3 is 0 Å². The Labute approximate surface area is 156 Å². The number of rotatable bonds is 3.